The Morgan fingerprint density at radius 1 is 0.963 bits per heavy atom. The average Bonchev–Trinajstić information content (AvgIpc) is 2.51. The molecule has 0 fully saturated rings. The Morgan fingerprint density at radius 2 is 1.59 bits per heavy atom. The molecule has 2 aromatic carbocycles. The number of hydrogen-bond donors (Lipinski definition) is 2. The molecule has 3 aromatic rings. The Kier molecular flexibility index (Phi) is 5.32. The summed E-state index contributed by atoms with van der Waals surface area (Å²) in [5, 5.41) is 6.35. The van der Waals surface area contributed by atoms with Gasteiger partial charge in [0, 0.05) is 38.9 Å². The lowest BCUT2D eigenvalue weighted by Crippen LogP contribution is -2.19. The van der Waals surface area contributed by atoms with Crippen LogP contribution in [0.5, 0.6) is 0 Å². The van der Waals surface area contributed by atoms with Crippen LogP contribution in [0.25, 0.3) is 11.0 Å². The molecule has 0 unspecified atom stereocenters. The van der Waals surface area contributed by atoms with Crippen molar-refractivity contribution in [3.8, 4) is 0 Å². The Hall–Kier alpha value is -2.29. The average molecular weight is 433 g/mol. The minimum absolute atomic E-state index is 0.141. The van der Waals surface area contributed by atoms with Crippen molar-refractivity contribution in [2.24, 2.45) is 0 Å². The summed E-state index contributed by atoms with van der Waals surface area (Å²) in [6, 6.07) is 9.00. The predicted octanol–water partition coefficient (Wildman–Crippen LogP) is 5.93. The minimum atomic E-state index is -4.67. The van der Waals surface area contributed by atoms with Gasteiger partial charge in [-0.2, -0.15) is 13.2 Å². The van der Waals surface area contributed by atoms with E-state index in [0.717, 1.165) is 0 Å². The maximum absolute atomic E-state index is 13.1. The second-order valence-electron chi connectivity index (χ2n) is 5.43. The van der Waals surface area contributed by atoms with Gasteiger partial charge in [0.25, 0.3) is 0 Å². The molecule has 0 radical (unpaired) electrons. The van der Waals surface area contributed by atoms with Crippen LogP contribution >= 0.6 is 35.4 Å². The Bertz CT molecular complexity index is 1080. The molecule has 10 heteroatoms. The molecule has 0 aliphatic carbocycles. The van der Waals surface area contributed by atoms with Crippen LogP contribution in [0.15, 0.2) is 51.7 Å². The summed E-state index contributed by atoms with van der Waals surface area (Å²) in [5.74, 6) is 0. The van der Waals surface area contributed by atoms with E-state index in [1.165, 1.54) is 18.2 Å². The lowest BCUT2D eigenvalue weighted by molar-refractivity contribution is -0.136. The molecule has 0 atom stereocenters. The first kappa shape index (κ1) is 19.5. The number of halogens is 5. The van der Waals surface area contributed by atoms with Crippen LogP contribution in [0.2, 0.25) is 10.0 Å². The van der Waals surface area contributed by atoms with Crippen LogP contribution in [-0.4, -0.2) is 5.11 Å². The molecule has 140 valence electrons. The lowest BCUT2D eigenvalue weighted by atomic mass is 10.1. The molecule has 2 N–H and O–H groups in total. The standard InChI is InChI=1S/C17H9Cl2F3N2O2S/c18-8-3-9(19)5-11(4-8)24-16(27)23-10-1-2-12-13(17(20,21)22)7-15(25)26-14(12)6-10/h1-7H,(H2,23,24,27). The predicted molar refractivity (Wildman–Crippen MR) is 104 cm³/mol. The maximum atomic E-state index is 13.1. The third-order valence-electron chi connectivity index (χ3n) is 3.43. The van der Waals surface area contributed by atoms with E-state index >= 15 is 0 Å². The second kappa shape index (κ2) is 7.38. The van der Waals surface area contributed by atoms with Crippen molar-refractivity contribution < 1.29 is 17.6 Å². The van der Waals surface area contributed by atoms with E-state index in [1.54, 1.807) is 18.2 Å². The number of rotatable bonds is 2. The van der Waals surface area contributed by atoms with E-state index in [1.807, 2.05) is 0 Å². The minimum Gasteiger partial charge on any atom is -0.423 e. The first-order valence-electron chi connectivity index (χ1n) is 7.31. The number of alkyl halides is 3. The number of nitrogens with one attached hydrogen (secondary N) is 2. The summed E-state index contributed by atoms with van der Waals surface area (Å²) in [7, 11) is 0. The van der Waals surface area contributed by atoms with Gasteiger partial charge in [0.15, 0.2) is 5.11 Å². The highest BCUT2D eigenvalue weighted by atomic mass is 35.5. The Labute approximate surface area is 165 Å². The third kappa shape index (κ3) is 4.71. The fourth-order valence-corrected chi connectivity index (χ4v) is 3.16. The molecule has 3 rings (SSSR count). The molecule has 0 aliphatic rings. The number of hydrogen-bond acceptors (Lipinski definition) is 3. The van der Waals surface area contributed by atoms with Crippen molar-refractivity contribution in [1.82, 2.24) is 0 Å². The van der Waals surface area contributed by atoms with Gasteiger partial charge >= 0.3 is 11.8 Å². The molecular weight excluding hydrogens is 424 g/mol. The molecule has 0 aliphatic heterocycles. The quantitative estimate of drug-likeness (QED) is 0.388. The van der Waals surface area contributed by atoms with Crippen molar-refractivity contribution in [3.63, 3.8) is 0 Å². The van der Waals surface area contributed by atoms with Crippen molar-refractivity contribution >= 4 is 62.9 Å². The van der Waals surface area contributed by atoms with Crippen LogP contribution in [-0.2, 0) is 6.18 Å². The van der Waals surface area contributed by atoms with E-state index in [9.17, 15) is 18.0 Å². The zero-order valence-corrected chi connectivity index (χ0v) is 15.5. The number of fused-ring (bicyclic) bond motifs is 1. The van der Waals surface area contributed by atoms with Gasteiger partial charge in [0.2, 0.25) is 0 Å². The van der Waals surface area contributed by atoms with E-state index in [2.05, 4.69) is 10.6 Å². The lowest BCUT2D eigenvalue weighted by Gasteiger charge is -2.13. The van der Waals surface area contributed by atoms with Crippen LogP contribution in [0.3, 0.4) is 0 Å². The van der Waals surface area contributed by atoms with E-state index in [0.29, 0.717) is 27.5 Å². The number of benzene rings is 2. The molecule has 0 amide bonds. The molecule has 1 heterocycles. The molecule has 27 heavy (non-hydrogen) atoms. The van der Waals surface area contributed by atoms with Gasteiger partial charge in [-0.05, 0) is 42.5 Å². The second-order valence-corrected chi connectivity index (χ2v) is 6.71. The Morgan fingerprint density at radius 3 is 2.22 bits per heavy atom. The highest BCUT2D eigenvalue weighted by molar-refractivity contribution is 7.80. The van der Waals surface area contributed by atoms with Gasteiger partial charge in [-0.1, -0.05) is 23.2 Å². The zero-order chi connectivity index (χ0) is 19.8. The molecular formula is C17H9Cl2F3N2O2S. The van der Waals surface area contributed by atoms with Gasteiger partial charge in [-0.3, -0.25) is 0 Å². The fourth-order valence-electron chi connectivity index (χ4n) is 2.39. The third-order valence-corrected chi connectivity index (χ3v) is 4.07. The van der Waals surface area contributed by atoms with Gasteiger partial charge < -0.3 is 15.1 Å². The highest BCUT2D eigenvalue weighted by Gasteiger charge is 2.33. The van der Waals surface area contributed by atoms with Gasteiger partial charge in [0.05, 0.1) is 5.56 Å². The molecule has 0 bridgehead atoms. The first-order valence-corrected chi connectivity index (χ1v) is 8.47. The molecule has 0 saturated carbocycles. The normalized spacial score (nSPS) is 11.4. The summed E-state index contributed by atoms with van der Waals surface area (Å²) >= 11 is 17.0. The maximum Gasteiger partial charge on any atom is 0.417 e. The molecule has 1 aromatic heterocycles. The zero-order valence-electron chi connectivity index (χ0n) is 13.2. The van der Waals surface area contributed by atoms with Crippen molar-refractivity contribution in [1.29, 1.82) is 0 Å². The first-order chi connectivity index (χ1) is 12.6. The summed E-state index contributed by atoms with van der Waals surface area (Å²) in [4.78, 5) is 11.4. The van der Waals surface area contributed by atoms with Crippen LogP contribution in [0.4, 0.5) is 24.5 Å². The van der Waals surface area contributed by atoms with Crippen LogP contribution in [0, 0.1) is 0 Å². The number of anilines is 2. The van der Waals surface area contributed by atoms with Gasteiger partial charge in [-0.25, -0.2) is 4.79 Å². The number of thiocarbonyl (C=S) groups is 1. The van der Waals surface area contributed by atoms with Crippen LogP contribution in [0.1, 0.15) is 5.56 Å². The van der Waals surface area contributed by atoms with Crippen LogP contribution < -0.4 is 16.3 Å². The van der Waals surface area contributed by atoms with Crippen molar-refractivity contribution in [2.45, 2.75) is 6.18 Å². The summed E-state index contributed by atoms with van der Waals surface area (Å²) in [6.07, 6.45) is -4.67. The van der Waals surface area contributed by atoms with Crippen molar-refractivity contribution in [2.75, 3.05) is 10.6 Å². The summed E-state index contributed by atoms with van der Waals surface area (Å²) < 4.78 is 44.1. The fraction of sp³-hybridized carbons (Fsp3) is 0.0588. The van der Waals surface area contributed by atoms with Gasteiger partial charge in [-0.15, -0.1) is 0 Å². The smallest absolute Gasteiger partial charge is 0.417 e. The molecule has 0 saturated heterocycles. The summed E-state index contributed by atoms with van der Waals surface area (Å²) in [5.41, 5.74) is -1.52. The monoisotopic (exact) mass is 432 g/mol. The SMILES string of the molecule is O=c1cc(C(F)(F)F)c2ccc(NC(=S)Nc3cc(Cl)cc(Cl)c3)cc2o1. The molecule has 0 spiro atoms. The summed E-state index contributed by atoms with van der Waals surface area (Å²) in [6.45, 7) is 0. The topological polar surface area (TPSA) is 54.3 Å². The van der Waals surface area contributed by atoms with Crippen molar-refractivity contribution in [3.05, 3.63) is 68.5 Å². The van der Waals surface area contributed by atoms with E-state index in [-0.39, 0.29) is 16.1 Å². The Balaban J connectivity index is 1.87. The van der Waals surface area contributed by atoms with E-state index in [4.69, 9.17) is 39.8 Å². The highest BCUT2D eigenvalue weighted by Crippen LogP contribution is 2.34. The molecule has 4 nitrogen and oxygen atoms in total. The van der Waals surface area contributed by atoms with E-state index < -0.39 is 17.4 Å². The van der Waals surface area contributed by atoms with Gasteiger partial charge in [0.1, 0.15) is 5.58 Å². The largest absolute Gasteiger partial charge is 0.423 e.